The van der Waals surface area contributed by atoms with E-state index in [1.54, 1.807) is 6.92 Å². The molecule has 0 aliphatic carbocycles. The molecule has 0 saturated heterocycles. The third-order valence-corrected chi connectivity index (χ3v) is 2.90. The average Bonchev–Trinajstić information content (AvgIpc) is 2.01. The zero-order valence-corrected chi connectivity index (χ0v) is 8.29. The van der Waals surface area contributed by atoms with Crippen molar-refractivity contribution >= 4 is 5.97 Å². The number of nitrogens with two attached hydrogens (primary N) is 1. The van der Waals surface area contributed by atoms with Crippen molar-refractivity contribution in [2.45, 2.75) is 39.7 Å². The summed E-state index contributed by atoms with van der Waals surface area (Å²) in [7, 11) is 0. The van der Waals surface area contributed by atoms with Gasteiger partial charge in [0, 0.05) is 0 Å². The van der Waals surface area contributed by atoms with Gasteiger partial charge in [-0.25, -0.2) is 0 Å². The summed E-state index contributed by atoms with van der Waals surface area (Å²) in [5.41, 5.74) is 4.58. The van der Waals surface area contributed by atoms with Gasteiger partial charge in [0.15, 0.2) is 0 Å². The van der Waals surface area contributed by atoms with Crippen LogP contribution in [-0.4, -0.2) is 16.6 Å². The second-order valence-electron chi connectivity index (χ2n) is 3.76. The minimum Gasteiger partial charge on any atom is -0.480 e. The average molecular weight is 173 g/mol. The fourth-order valence-corrected chi connectivity index (χ4v) is 1.14. The van der Waals surface area contributed by atoms with Gasteiger partial charge in [0.25, 0.3) is 0 Å². The molecule has 3 atom stereocenters. The summed E-state index contributed by atoms with van der Waals surface area (Å²) in [5.74, 6) is -0.577. The van der Waals surface area contributed by atoms with E-state index in [1.165, 1.54) is 0 Å². The molecule has 3 N–H and O–H groups in total. The molecule has 12 heavy (non-hydrogen) atoms. The molecule has 3 nitrogen and oxygen atoms in total. The molecule has 3 heteroatoms. The monoisotopic (exact) mass is 173 g/mol. The van der Waals surface area contributed by atoms with Gasteiger partial charge in [-0.1, -0.05) is 27.2 Å². The van der Waals surface area contributed by atoms with Crippen LogP contribution in [0.1, 0.15) is 34.1 Å². The second-order valence-corrected chi connectivity index (χ2v) is 3.76. The summed E-state index contributed by atoms with van der Waals surface area (Å²) in [6.45, 7) is 7.53. The molecule has 0 aromatic rings. The van der Waals surface area contributed by atoms with Crippen molar-refractivity contribution in [3.05, 3.63) is 0 Å². The molecule has 0 heterocycles. The molecule has 0 rings (SSSR count). The van der Waals surface area contributed by atoms with Crippen molar-refractivity contribution in [3.63, 3.8) is 0 Å². The topological polar surface area (TPSA) is 63.3 Å². The Kier molecular flexibility index (Phi) is 3.71. The van der Waals surface area contributed by atoms with E-state index in [0.29, 0.717) is 5.92 Å². The highest BCUT2D eigenvalue weighted by Crippen LogP contribution is 2.24. The van der Waals surface area contributed by atoms with Crippen LogP contribution in [0, 0.1) is 11.8 Å². The Hall–Kier alpha value is -0.570. The minimum atomic E-state index is -1.10. The van der Waals surface area contributed by atoms with Gasteiger partial charge in [-0.3, -0.25) is 4.79 Å². The van der Waals surface area contributed by atoms with E-state index in [4.69, 9.17) is 10.8 Å². The quantitative estimate of drug-likeness (QED) is 0.676. The lowest BCUT2D eigenvalue weighted by molar-refractivity contribution is -0.145. The van der Waals surface area contributed by atoms with Gasteiger partial charge in [0.05, 0.1) is 0 Å². The molecule has 0 aromatic carbocycles. The van der Waals surface area contributed by atoms with Crippen molar-refractivity contribution in [2.75, 3.05) is 0 Å². The van der Waals surface area contributed by atoms with E-state index in [0.717, 1.165) is 6.42 Å². The lowest BCUT2D eigenvalue weighted by atomic mass is 9.78. The Morgan fingerprint density at radius 1 is 1.58 bits per heavy atom. The van der Waals surface area contributed by atoms with Crippen molar-refractivity contribution < 1.29 is 9.90 Å². The molecule has 0 spiro atoms. The maximum Gasteiger partial charge on any atom is 0.323 e. The molecule has 0 aliphatic heterocycles. The third kappa shape index (κ3) is 2.21. The number of carboxylic acids is 1. The molecule has 0 aliphatic rings. The van der Waals surface area contributed by atoms with Gasteiger partial charge in [-0.2, -0.15) is 0 Å². The molecule has 3 unspecified atom stereocenters. The maximum atomic E-state index is 10.8. The Labute approximate surface area is 74.0 Å². The summed E-state index contributed by atoms with van der Waals surface area (Å²) in [4.78, 5) is 10.8. The highest BCUT2D eigenvalue weighted by molar-refractivity contribution is 5.78. The van der Waals surface area contributed by atoms with Gasteiger partial charge < -0.3 is 10.8 Å². The lowest BCUT2D eigenvalue weighted by Crippen LogP contribution is -2.52. The fraction of sp³-hybridized carbons (Fsp3) is 0.889. The van der Waals surface area contributed by atoms with Gasteiger partial charge >= 0.3 is 5.97 Å². The van der Waals surface area contributed by atoms with Gasteiger partial charge in [0.1, 0.15) is 5.54 Å². The Balaban J connectivity index is 4.44. The first-order valence-electron chi connectivity index (χ1n) is 4.36. The van der Waals surface area contributed by atoms with Crippen molar-refractivity contribution in [1.29, 1.82) is 0 Å². The van der Waals surface area contributed by atoms with Gasteiger partial charge in [-0.15, -0.1) is 0 Å². The van der Waals surface area contributed by atoms with Crippen LogP contribution in [0.25, 0.3) is 0 Å². The van der Waals surface area contributed by atoms with Crippen LogP contribution in [-0.2, 0) is 4.79 Å². The smallest absolute Gasteiger partial charge is 0.323 e. The SMILES string of the molecule is CCC(C)C(C)C(C)(N)C(=O)O. The summed E-state index contributed by atoms with van der Waals surface area (Å²) in [5, 5.41) is 8.83. The first-order chi connectivity index (χ1) is 5.34. The summed E-state index contributed by atoms with van der Waals surface area (Å²) < 4.78 is 0. The van der Waals surface area contributed by atoms with Crippen molar-refractivity contribution in [3.8, 4) is 0 Å². The van der Waals surface area contributed by atoms with Crippen molar-refractivity contribution in [2.24, 2.45) is 17.6 Å². The molecule has 72 valence electrons. The molecular weight excluding hydrogens is 154 g/mol. The molecule has 0 bridgehead atoms. The van der Waals surface area contributed by atoms with Crippen LogP contribution in [0.2, 0.25) is 0 Å². The fourth-order valence-electron chi connectivity index (χ4n) is 1.14. The molecular formula is C9H19NO2. The van der Waals surface area contributed by atoms with Crippen LogP contribution in [0.5, 0.6) is 0 Å². The van der Waals surface area contributed by atoms with E-state index in [1.807, 2.05) is 20.8 Å². The maximum absolute atomic E-state index is 10.8. The number of hydrogen-bond donors (Lipinski definition) is 2. The zero-order chi connectivity index (χ0) is 9.94. The van der Waals surface area contributed by atoms with Crippen LogP contribution >= 0.6 is 0 Å². The minimum absolute atomic E-state index is 0.000000000000000222. The van der Waals surface area contributed by atoms with E-state index in [9.17, 15) is 4.79 Å². The number of carbonyl (C=O) groups is 1. The number of hydrogen-bond acceptors (Lipinski definition) is 2. The van der Waals surface area contributed by atoms with Crippen molar-refractivity contribution in [1.82, 2.24) is 0 Å². The highest BCUT2D eigenvalue weighted by Gasteiger charge is 2.36. The summed E-state index contributed by atoms with van der Waals surface area (Å²) >= 11 is 0. The van der Waals surface area contributed by atoms with E-state index in [-0.39, 0.29) is 5.92 Å². The van der Waals surface area contributed by atoms with Gasteiger partial charge in [-0.05, 0) is 18.8 Å². The standard InChI is InChI=1S/C9H19NO2/c1-5-6(2)7(3)9(4,10)8(11)12/h6-7H,5,10H2,1-4H3,(H,11,12). The lowest BCUT2D eigenvalue weighted by Gasteiger charge is -2.31. The Morgan fingerprint density at radius 2 is 2.00 bits per heavy atom. The van der Waals surface area contributed by atoms with Crippen LogP contribution in [0.15, 0.2) is 0 Å². The Bertz CT molecular complexity index is 166. The molecule has 0 amide bonds. The number of rotatable bonds is 4. The highest BCUT2D eigenvalue weighted by atomic mass is 16.4. The predicted octanol–water partition coefficient (Wildman–Crippen LogP) is 1.47. The third-order valence-electron chi connectivity index (χ3n) is 2.90. The summed E-state index contributed by atoms with van der Waals surface area (Å²) in [6.07, 6.45) is 0.960. The van der Waals surface area contributed by atoms with Crippen LogP contribution in [0.3, 0.4) is 0 Å². The predicted molar refractivity (Wildman–Crippen MR) is 48.8 cm³/mol. The Morgan fingerprint density at radius 3 is 2.25 bits per heavy atom. The zero-order valence-electron chi connectivity index (χ0n) is 8.29. The molecule has 0 radical (unpaired) electrons. The van der Waals surface area contributed by atoms with E-state index < -0.39 is 11.5 Å². The van der Waals surface area contributed by atoms with Crippen LogP contribution < -0.4 is 5.73 Å². The largest absolute Gasteiger partial charge is 0.480 e. The first-order valence-corrected chi connectivity index (χ1v) is 4.36. The van der Waals surface area contributed by atoms with Crippen LogP contribution in [0.4, 0.5) is 0 Å². The molecule has 0 fully saturated rings. The van der Waals surface area contributed by atoms with Gasteiger partial charge in [0.2, 0.25) is 0 Å². The molecule has 0 saturated carbocycles. The molecule has 0 aromatic heterocycles. The normalized spacial score (nSPS) is 21.1. The first kappa shape index (κ1) is 11.4. The summed E-state index contributed by atoms with van der Waals surface area (Å²) in [6, 6.07) is 0. The second kappa shape index (κ2) is 3.90. The van der Waals surface area contributed by atoms with E-state index >= 15 is 0 Å². The van der Waals surface area contributed by atoms with E-state index in [2.05, 4.69) is 0 Å². The number of aliphatic carboxylic acids is 1. The number of carboxylic acid groups (broad SMARTS) is 1.